The largest absolute Gasteiger partial charge is 0.467 e. The van der Waals surface area contributed by atoms with Gasteiger partial charge in [-0.2, -0.15) is 0 Å². The maximum absolute atomic E-state index is 11.4. The molecule has 0 amide bonds. The molecule has 0 aliphatic carbocycles. The Morgan fingerprint density at radius 3 is 2.90 bits per heavy atom. The van der Waals surface area contributed by atoms with E-state index in [-0.39, 0.29) is 9.58 Å². The van der Waals surface area contributed by atoms with Crippen LogP contribution in [-0.4, -0.2) is 29.4 Å². The summed E-state index contributed by atoms with van der Waals surface area (Å²) in [7, 11) is 1.39. The third-order valence-electron chi connectivity index (χ3n) is 3.33. The molecule has 0 saturated carbocycles. The van der Waals surface area contributed by atoms with Crippen molar-refractivity contribution in [1.29, 1.82) is 0 Å². The van der Waals surface area contributed by atoms with Gasteiger partial charge in [-0.05, 0) is 41.0 Å². The van der Waals surface area contributed by atoms with Gasteiger partial charge in [-0.3, -0.25) is 0 Å². The molecule has 1 saturated heterocycles. The lowest BCUT2D eigenvalue weighted by molar-refractivity contribution is -0.154. The molecule has 110 valence electrons. The van der Waals surface area contributed by atoms with Crippen molar-refractivity contribution in [2.24, 2.45) is 0 Å². The third-order valence-corrected chi connectivity index (χ3v) is 4.66. The molecule has 0 radical (unpaired) electrons. The van der Waals surface area contributed by atoms with Crippen LogP contribution in [0.1, 0.15) is 24.8 Å². The van der Waals surface area contributed by atoms with E-state index in [2.05, 4.69) is 22.6 Å². The van der Waals surface area contributed by atoms with Crippen LogP contribution in [0.4, 0.5) is 0 Å². The van der Waals surface area contributed by atoms with Crippen LogP contribution in [0, 0.1) is 0 Å². The zero-order valence-electron chi connectivity index (χ0n) is 11.5. The Balaban J connectivity index is 1.70. The van der Waals surface area contributed by atoms with Crippen molar-refractivity contribution in [3.63, 3.8) is 0 Å². The van der Waals surface area contributed by atoms with Crippen LogP contribution in [0.25, 0.3) is 0 Å². The highest BCUT2D eigenvalue weighted by Gasteiger charge is 2.41. The van der Waals surface area contributed by atoms with E-state index >= 15 is 0 Å². The Kier molecular flexibility index (Phi) is 5.80. The minimum Gasteiger partial charge on any atom is -0.467 e. The summed E-state index contributed by atoms with van der Waals surface area (Å²) >= 11 is 2.27. The maximum Gasteiger partial charge on any atom is 0.335 e. The molecule has 2 atom stereocenters. The van der Waals surface area contributed by atoms with E-state index in [1.165, 1.54) is 7.11 Å². The summed E-state index contributed by atoms with van der Waals surface area (Å²) in [5.74, 6) is -0.284. The van der Waals surface area contributed by atoms with E-state index < -0.39 is 6.10 Å². The second-order valence-electron chi connectivity index (χ2n) is 4.84. The number of methoxy groups -OCH3 is 1. The van der Waals surface area contributed by atoms with Crippen LogP contribution >= 0.6 is 22.6 Å². The minimum absolute atomic E-state index is 0.284. The maximum atomic E-state index is 11.4. The van der Waals surface area contributed by atoms with Crippen molar-refractivity contribution in [1.82, 2.24) is 0 Å². The van der Waals surface area contributed by atoms with Crippen molar-refractivity contribution < 1.29 is 19.0 Å². The molecule has 2 unspecified atom stereocenters. The molecular formula is C15H19IO4. The number of esters is 1. The second kappa shape index (κ2) is 7.38. The normalized spacial score (nSPS) is 25.6. The number of benzene rings is 1. The Bertz CT molecular complexity index is 437. The fourth-order valence-electron chi connectivity index (χ4n) is 2.19. The number of halogens is 1. The second-order valence-corrected chi connectivity index (χ2v) is 6.81. The number of hydrogen-bond donors (Lipinski definition) is 0. The summed E-state index contributed by atoms with van der Waals surface area (Å²) in [5.41, 5.74) is 1.16. The van der Waals surface area contributed by atoms with Gasteiger partial charge in [-0.25, -0.2) is 4.79 Å². The molecule has 4 nitrogen and oxygen atoms in total. The topological polar surface area (TPSA) is 44.8 Å². The fourth-order valence-corrected chi connectivity index (χ4v) is 3.03. The zero-order chi connectivity index (χ0) is 14.4. The standard InChI is InChI=1S/C15H19IO4/c1-18-14(17)13-7-8-15(16,20-13)9-10-19-11-12-5-3-2-4-6-12/h2-6,13H,7-11H2,1H3. The average Bonchev–Trinajstić information content (AvgIpc) is 2.87. The predicted octanol–water partition coefficient (Wildman–Crippen LogP) is 3.08. The van der Waals surface area contributed by atoms with Crippen molar-refractivity contribution in [2.45, 2.75) is 35.6 Å². The van der Waals surface area contributed by atoms with Gasteiger partial charge in [-0.15, -0.1) is 0 Å². The molecule has 0 N–H and O–H groups in total. The smallest absolute Gasteiger partial charge is 0.335 e. The first kappa shape index (κ1) is 15.7. The third kappa shape index (κ3) is 4.43. The molecule has 0 bridgehead atoms. The zero-order valence-corrected chi connectivity index (χ0v) is 13.7. The van der Waals surface area contributed by atoms with Crippen molar-refractivity contribution >= 4 is 28.6 Å². The molecule has 1 aliphatic rings. The lowest BCUT2D eigenvalue weighted by atomic mass is 10.1. The van der Waals surface area contributed by atoms with Gasteiger partial charge in [0.05, 0.1) is 20.3 Å². The predicted molar refractivity (Wildman–Crippen MR) is 83.6 cm³/mol. The highest BCUT2D eigenvalue weighted by atomic mass is 127. The van der Waals surface area contributed by atoms with Gasteiger partial charge >= 0.3 is 5.97 Å². The Morgan fingerprint density at radius 2 is 2.20 bits per heavy atom. The van der Waals surface area contributed by atoms with Gasteiger partial charge in [0.2, 0.25) is 0 Å². The summed E-state index contributed by atoms with van der Waals surface area (Å²) in [4.78, 5) is 11.4. The first-order chi connectivity index (χ1) is 9.63. The van der Waals surface area contributed by atoms with E-state index in [0.717, 1.165) is 18.4 Å². The quantitative estimate of drug-likeness (QED) is 0.324. The number of carbonyl (C=O) groups excluding carboxylic acids is 1. The van der Waals surface area contributed by atoms with Crippen LogP contribution < -0.4 is 0 Å². The molecule has 1 aliphatic heterocycles. The van der Waals surface area contributed by atoms with E-state index in [1.54, 1.807) is 0 Å². The number of hydrogen-bond acceptors (Lipinski definition) is 4. The number of alkyl halides is 1. The SMILES string of the molecule is COC(=O)C1CCC(I)(CCOCc2ccccc2)O1. The summed E-state index contributed by atoms with van der Waals surface area (Å²) < 4.78 is 15.9. The van der Waals surface area contributed by atoms with E-state index in [4.69, 9.17) is 14.2 Å². The van der Waals surface area contributed by atoms with Gasteiger partial charge in [0.1, 0.15) is 3.61 Å². The van der Waals surface area contributed by atoms with Crippen molar-refractivity contribution in [2.75, 3.05) is 13.7 Å². The summed E-state index contributed by atoms with van der Waals surface area (Å²) in [5, 5.41) is 0. The summed E-state index contributed by atoms with van der Waals surface area (Å²) in [6.45, 7) is 1.22. The van der Waals surface area contributed by atoms with Gasteiger partial charge in [0, 0.05) is 6.42 Å². The van der Waals surface area contributed by atoms with Gasteiger partial charge < -0.3 is 14.2 Å². The molecule has 1 aromatic rings. The average molecular weight is 390 g/mol. The highest BCUT2D eigenvalue weighted by Crippen LogP contribution is 2.39. The highest BCUT2D eigenvalue weighted by molar-refractivity contribution is 14.1. The van der Waals surface area contributed by atoms with E-state index in [9.17, 15) is 4.79 Å². The number of ether oxygens (including phenoxy) is 3. The molecule has 0 spiro atoms. The van der Waals surface area contributed by atoms with Crippen LogP contribution in [0.15, 0.2) is 30.3 Å². The van der Waals surface area contributed by atoms with Crippen LogP contribution in [0.3, 0.4) is 0 Å². The van der Waals surface area contributed by atoms with Crippen molar-refractivity contribution in [3.8, 4) is 0 Å². The molecule has 5 heteroatoms. The summed E-state index contributed by atoms with van der Waals surface area (Å²) in [6, 6.07) is 10.1. The van der Waals surface area contributed by atoms with Gasteiger partial charge in [0.15, 0.2) is 6.10 Å². The van der Waals surface area contributed by atoms with Crippen LogP contribution in [0.5, 0.6) is 0 Å². The lowest BCUT2D eigenvalue weighted by Gasteiger charge is -2.22. The van der Waals surface area contributed by atoms with E-state index in [1.807, 2.05) is 30.3 Å². The van der Waals surface area contributed by atoms with Crippen molar-refractivity contribution in [3.05, 3.63) is 35.9 Å². The molecule has 0 aromatic heterocycles. The molecule has 1 heterocycles. The van der Waals surface area contributed by atoms with E-state index in [0.29, 0.717) is 19.6 Å². The number of carbonyl (C=O) groups is 1. The molecular weight excluding hydrogens is 371 g/mol. The Hall–Kier alpha value is -0.660. The molecule has 1 aromatic carbocycles. The number of rotatable bonds is 6. The molecule has 2 rings (SSSR count). The van der Waals surface area contributed by atoms with Crippen LogP contribution in [-0.2, 0) is 25.6 Å². The monoisotopic (exact) mass is 390 g/mol. The first-order valence-electron chi connectivity index (χ1n) is 6.69. The minimum atomic E-state index is -0.425. The first-order valence-corrected chi connectivity index (χ1v) is 7.77. The fraction of sp³-hybridized carbons (Fsp3) is 0.533. The van der Waals surface area contributed by atoms with Gasteiger partial charge in [-0.1, -0.05) is 30.3 Å². The summed E-state index contributed by atoms with van der Waals surface area (Å²) in [6.07, 6.45) is 1.91. The lowest BCUT2D eigenvalue weighted by Crippen LogP contribution is -2.27. The Morgan fingerprint density at radius 1 is 1.45 bits per heavy atom. The molecule has 20 heavy (non-hydrogen) atoms. The van der Waals surface area contributed by atoms with Crippen LogP contribution in [0.2, 0.25) is 0 Å². The Labute approximate surface area is 132 Å². The van der Waals surface area contributed by atoms with Gasteiger partial charge in [0.25, 0.3) is 0 Å². The molecule has 1 fully saturated rings.